The summed E-state index contributed by atoms with van der Waals surface area (Å²) in [5.41, 5.74) is 5.11. The summed E-state index contributed by atoms with van der Waals surface area (Å²) in [5, 5.41) is 20.1. The van der Waals surface area contributed by atoms with Crippen LogP contribution in [0.5, 0.6) is 0 Å². The number of hydrogen-bond acceptors (Lipinski definition) is 7. The highest BCUT2D eigenvalue weighted by molar-refractivity contribution is 5.81. The van der Waals surface area contributed by atoms with Gasteiger partial charge in [0.15, 0.2) is 17.0 Å². The third kappa shape index (κ3) is 2.64. The van der Waals surface area contributed by atoms with E-state index in [1.165, 1.54) is 10.9 Å². The average molecular weight is 325 g/mol. The molecule has 1 aliphatic heterocycles. The number of rotatable bonds is 5. The van der Waals surface area contributed by atoms with Crippen molar-refractivity contribution in [1.29, 1.82) is 0 Å². The summed E-state index contributed by atoms with van der Waals surface area (Å²) >= 11 is 0. The molecule has 1 saturated heterocycles. The van der Waals surface area contributed by atoms with E-state index >= 15 is 0 Å². The molecule has 1 fully saturated rings. The van der Waals surface area contributed by atoms with Gasteiger partial charge >= 0.3 is 6.08 Å². The molecule has 0 saturated carbocycles. The first-order valence-electron chi connectivity index (χ1n) is 7.63. The summed E-state index contributed by atoms with van der Waals surface area (Å²) in [5.74, 6) is -0.0517. The van der Waals surface area contributed by atoms with Crippen LogP contribution in [-0.2, 0) is 4.74 Å². The van der Waals surface area contributed by atoms with Crippen LogP contribution in [0.3, 0.4) is 0 Å². The maximum absolute atomic E-state index is 13.4. The van der Waals surface area contributed by atoms with Crippen LogP contribution in [-0.4, -0.2) is 48.0 Å². The molecule has 23 heavy (non-hydrogen) atoms. The standard InChI is InChI=1S/C14H20FN5O3/c1-2-3-4-14(6-21)8(22)5-9(23-14)20-7-17-10-11(16)18-13(15)19-12(10)20/h7-9,21-22H,2-6H2,1H3,(H2,16,18,19)/t8-,9?,14+/m0/s1. The zero-order valence-electron chi connectivity index (χ0n) is 12.8. The van der Waals surface area contributed by atoms with Crippen molar-refractivity contribution in [3.05, 3.63) is 12.4 Å². The van der Waals surface area contributed by atoms with E-state index < -0.39 is 24.0 Å². The monoisotopic (exact) mass is 325 g/mol. The third-order valence-electron chi connectivity index (χ3n) is 4.36. The lowest BCUT2D eigenvalue weighted by atomic mass is 9.91. The second-order valence-corrected chi connectivity index (χ2v) is 5.85. The summed E-state index contributed by atoms with van der Waals surface area (Å²) in [6, 6.07) is 0. The number of hydrogen-bond donors (Lipinski definition) is 3. The van der Waals surface area contributed by atoms with E-state index in [9.17, 15) is 14.6 Å². The second kappa shape index (κ2) is 5.99. The van der Waals surface area contributed by atoms with Gasteiger partial charge in [0.25, 0.3) is 0 Å². The summed E-state index contributed by atoms with van der Waals surface area (Å²) < 4.78 is 20.9. The first-order valence-corrected chi connectivity index (χ1v) is 7.63. The molecule has 126 valence electrons. The highest BCUT2D eigenvalue weighted by Gasteiger charge is 2.48. The van der Waals surface area contributed by atoms with Crippen molar-refractivity contribution in [2.45, 2.75) is 50.5 Å². The first kappa shape index (κ1) is 16.0. The molecule has 2 aromatic heterocycles. The van der Waals surface area contributed by atoms with Crippen molar-refractivity contribution < 1.29 is 19.3 Å². The average Bonchev–Trinajstić information content (AvgIpc) is 3.07. The van der Waals surface area contributed by atoms with E-state index in [4.69, 9.17) is 10.5 Å². The van der Waals surface area contributed by atoms with Crippen LogP contribution in [0, 0.1) is 6.08 Å². The fraction of sp³-hybridized carbons (Fsp3) is 0.643. The number of imidazole rings is 1. The molecule has 3 atom stereocenters. The molecule has 0 radical (unpaired) electrons. The quantitative estimate of drug-likeness (QED) is 0.694. The molecule has 0 bridgehead atoms. The lowest BCUT2D eigenvalue weighted by molar-refractivity contribution is -0.131. The number of nitrogens with two attached hydrogens (primary N) is 1. The number of unbranched alkanes of at least 4 members (excludes halogenated alkanes) is 1. The van der Waals surface area contributed by atoms with Crippen LogP contribution >= 0.6 is 0 Å². The summed E-state index contributed by atoms with van der Waals surface area (Å²) in [4.78, 5) is 11.2. The molecule has 1 aliphatic rings. The van der Waals surface area contributed by atoms with Crippen molar-refractivity contribution in [1.82, 2.24) is 19.5 Å². The van der Waals surface area contributed by atoms with Crippen LogP contribution in [0.15, 0.2) is 6.33 Å². The fourth-order valence-electron chi connectivity index (χ4n) is 3.02. The molecular weight excluding hydrogens is 305 g/mol. The van der Waals surface area contributed by atoms with Gasteiger partial charge in [0, 0.05) is 6.42 Å². The Morgan fingerprint density at radius 2 is 2.30 bits per heavy atom. The lowest BCUT2D eigenvalue weighted by Gasteiger charge is -2.30. The minimum absolute atomic E-state index is 0.0517. The Morgan fingerprint density at radius 3 is 3.00 bits per heavy atom. The van der Waals surface area contributed by atoms with Crippen LogP contribution in [0.4, 0.5) is 10.2 Å². The molecule has 2 aromatic rings. The number of nitrogens with zero attached hydrogens (tertiary/aromatic N) is 4. The number of aliphatic hydroxyl groups is 2. The van der Waals surface area contributed by atoms with Gasteiger partial charge in [0.2, 0.25) is 0 Å². The number of aliphatic hydroxyl groups excluding tert-OH is 2. The Labute approximate surface area is 132 Å². The number of ether oxygens (including phenoxy) is 1. The number of fused-ring (bicyclic) bond motifs is 1. The molecule has 0 spiro atoms. The second-order valence-electron chi connectivity index (χ2n) is 5.85. The Balaban J connectivity index is 1.94. The molecular formula is C14H20FN5O3. The molecule has 9 heteroatoms. The fourth-order valence-corrected chi connectivity index (χ4v) is 3.02. The summed E-state index contributed by atoms with van der Waals surface area (Å²) in [7, 11) is 0. The highest BCUT2D eigenvalue weighted by Crippen LogP contribution is 2.40. The summed E-state index contributed by atoms with van der Waals surface area (Å²) in [6.45, 7) is 1.73. The third-order valence-corrected chi connectivity index (χ3v) is 4.36. The predicted octanol–water partition coefficient (Wildman–Crippen LogP) is 0.749. The van der Waals surface area contributed by atoms with Crippen molar-refractivity contribution in [2.75, 3.05) is 12.3 Å². The largest absolute Gasteiger partial charge is 0.393 e. The zero-order chi connectivity index (χ0) is 16.6. The minimum atomic E-state index is -1.02. The van der Waals surface area contributed by atoms with Crippen LogP contribution in [0.1, 0.15) is 38.8 Å². The van der Waals surface area contributed by atoms with E-state index in [1.807, 2.05) is 6.92 Å². The normalized spacial score (nSPS) is 27.8. The predicted molar refractivity (Wildman–Crippen MR) is 79.8 cm³/mol. The van der Waals surface area contributed by atoms with Crippen LogP contribution < -0.4 is 5.73 Å². The number of nitrogen functional groups attached to an aromatic ring is 1. The summed E-state index contributed by atoms with van der Waals surface area (Å²) in [6.07, 6.45) is 1.58. The Kier molecular flexibility index (Phi) is 4.17. The number of anilines is 1. The van der Waals surface area contributed by atoms with E-state index in [-0.39, 0.29) is 30.0 Å². The smallest absolute Gasteiger partial charge is 0.312 e. The molecule has 8 nitrogen and oxygen atoms in total. The molecule has 3 rings (SSSR count). The molecule has 1 unspecified atom stereocenters. The van der Waals surface area contributed by atoms with E-state index in [0.717, 1.165) is 12.8 Å². The number of aromatic nitrogens is 4. The van der Waals surface area contributed by atoms with Gasteiger partial charge in [-0.1, -0.05) is 19.8 Å². The van der Waals surface area contributed by atoms with E-state index in [2.05, 4.69) is 15.0 Å². The molecule has 3 heterocycles. The topological polar surface area (TPSA) is 119 Å². The lowest BCUT2D eigenvalue weighted by Crippen LogP contribution is -2.43. The molecule has 0 amide bonds. The van der Waals surface area contributed by atoms with Crippen molar-refractivity contribution >= 4 is 17.0 Å². The SMILES string of the molecule is CCCC[C@]1(CO)OC(n2cnc3c(N)nc(F)nc32)C[C@@H]1O. The van der Waals surface area contributed by atoms with Gasteiger partial charge in [-0.15, -0.1) is 0 Å². The van der Waals surface area contributed by atoms with Gasteiger partial charge in [-0.2, -0.15) is 14.4 Å². The van der Waals surface area contributed by atoms with Crippen molar-refractivity contribution in [3.63, 3.8) is 0 Å². The van der Waals surface area contributed by atoms with Gasteiger partial charge in [0.1, 0.15) is 11.8 Å². The van der Waals surface area contributed by atoms with Crippen LogP contribution in [0.2, 0.25) is 0 Å². The van der Waals surface area contributed by atoms with Crippen molar-refractivity contribution in [3.8, 4) is 0 Å². The highest BCUT2D eigenvalue weighted by atomic mass is 19.1. The minimum Gasteiger partial charge on any atom is -0.393 e. The van der Waals surface area contributed by atoms with Gasteiger partial charge in [-0.3, -0.25) is 4.57 Å². The van der Waals surface area contributed by atoms with Crippen LogP contribution in [0.25, 0.3) is 11.2 Å². The molecule has 0 aromatic carbocycles. The van der Waals surface area contributed by atoms with Crippen molar-refractivity contribution in [2.24, 2.45) is 0 Å². The first-order chi connectivity index (χ1) is 11.0. The number of halogens is 1. The Hall–Kier alpha value is -1.84. The maximum atomic E-state index is 13.4. The van der Waals surface area contributed by atoms with Gasteiger partial charge in [-0.25, -0.2) is 4.98 Å². The molecule has 0 aliphatic carbocycles. The van der Waals surface area contributed by atoms with E-state index in [1.54, 1.807) is 0 Å². The zero-order valence-corrected chi connectivity index (χ0v) is 12.8. The van der Waals surface area contributed by atoms with Gasteiger partial charge in [-0.05, 0) is 6.42 Å². The van der Waals surface area contributed by atoms with E-state index in [0.29, 0.717) is 6.42 Å². The Bertz CT molecular complexity index is 709. The molecule has 4 N–H and O–H groups in total. The van der Waals surface area contributed by atoms with Gasteiger partial charge in [0.05, 0.1) is 19.0 Å². The van der Waals surface area contributed by atoms with Gasteiger partial charge < -0.3 is 20.7 Å². The maximum Gasteiger partial charge on any atom is 0.312 e. The Morgan fingerprint density at radius 1 is 1.52 bits per heavy atom.